The van der Waals surface area contributed by atoms with E-state index < -0.39 is 11.4 Å². The van der Waals surface area contributed by atoms with E-state index in [0.717, 1.165) is 22.2 Å². The molecule has 116 valence electrons. The van der Waals surface area contributed by atoms with Crippen LogP contribution in [0.5, 0.6) is 0 Å². The zero-order valence-electron chi connectivity index (χ0n) is 12.8. The average Bonchev–Trinajstić information content (AvgIpc) is 3.02. The van der Waals surface area contributed by atoms with Gasteiger partial charge in [-0.2, -0.15) is 0 Å². The van der Waals surface area contributed by atoms with Crippen molar-refractivity contribution in [2.45, 2.75) is 26.7 Å². The lowest BCUT2D eigenvalue weighted by Gasteiger charge is -2.20. The maximum atomic E-state index is 12.5. The second-order valence-electron chi connectivity index (χ2n) is 6.38. The van der Waals surface area contributed by atoms with Gasteiger partial charge in [-0.3, -0.25) is 9.59 Å². The molecule has 0 saturated carbocycles. The standard InChI is InChI=1S/C17H20N2O3/c1-11-13(12-5-3-4-6-14(12)18-11)9-15(20)19-8-7-17(2,10-19)16(21)22/h3-6,18H,7-10H2,1-2H3,(H,21,22)/t17-/m0/s1. The van der Waals surface area contributed by atoms with E-state index in [2.05, 4.69) is 4.98 Å². The highest BCUT2D eigenvalue weighted by Gasteiger charge is 2.42. The molecule has 22 heavy (non-hydrogen) atoms. The Morgan fingerprint density at radius 2 is 2.09 bits per heavy atom. The number of benzene rings is 1. The van der Waals surface area contributed by atoms with E-state index in [1.165, 1.54) is 0 Å². The molecule has 2 heterocycles. The van der Waals surface area contributed by atoms with Crippen molar-refractivity contribution in [3.8, 4) is 0 Å². The molecule has 5 heteroatoms. The fraction of sp³-hybridized carbons (Fsp3) is 0.412. The van der Waals surface area contributed by atoms with Gasteiger partial charge in [0.2, 0.25) is 5.91 Å². The molecule has 0 bridgehead atoms. The number of fused-ring (bicyclic) bond motifs is 1. The summed E-state index contributed by atoms with van der Waals surface area (Å²) in [6, 6.07) is 7.92. The van der Waals surface area contributed by atoms with Crippen LogP contribution in [0, 0.1) is 12.3 Å². The molecule has 0 spiro atoms. The first-order chi connectivity index (χ1) is 10.4. The number of nitrogens with zero attached hydrogens (tertiary/aromatic N) is 1. The number of para-hydroxylation sites is 1. The molecule has 1 fully saturated rings. The van der Waals surface area contributed by atoms with Gasteiger partial charge in [0.25, 0.3) is 0 Å². The number of nitrogens with one attached hydrogen (secondary N) is 1. The summed E-state index contributed by atoms with van der Waals surface area (Å²) in [4.78, 5) is 28.8. The second-order valence-corrected chi connectivity index (χ2v) is 6.38. The zero-order chi connectivity index (χ0) is 15.9. The topological polar surface area (TPSA) is 73.4 Å². The largest absolute Gasteiger partial charge is 0.481 e. The molecule has 2 aromatic rings. The summed E-state index contributed by atoms with van der Waals surface area (Å²) in [5, 5.41) is 10.3. The number of aromatic amines is 1. The Hall–Kier alpha value is -2.30. The van der Waals surface area contributed by atoms with Crippen molar-refractivity contribution < 1.29 is 14.7 Å². The Morgan fingerprint density at radius 3 is 2.77 bits per heavy atom. The molecule has 1 aliphatic rings. The van der Waals surface area contributed by atoms with Gasteiger partial charge < -0.3 is 15.0 Å². The minimum atomic E-state index is -0.828. The van der Waals surface area contributed by atoms with Crippen LogP contribution in [-0.4, -0.2) is 40.0 Å². The molecule has 1 atom stereocenters. The fourth-order valence-corrected chi connectivity index (χ4v) is 3.17. The van der Waals surface area contributed by atoms with Crippen LogP contribution in [0.15, 0.2) is 24.3 Å². The molecular formula is C17H20N2O3. The predicted molar refractivity (Wildman–Crippen MR) is 83.7 cm³/mol. The van der Waals surface area contributed by atoms with Crippen molar-refractivity contribution in [3.63, 3.8) is 0 Å². The molecule has 1 aromatic carbocycles. The number of hydrogen-bond donors (Lipinski definition) is 2. The van der Waals surface area contributed by atoms with Crippen LogP contribution < -0.4 is 0 Å². The lowest BCUT2D eigenvalue weighted by molar-refractivity contribution is -0.147. The predicted octanol–water partition coefficient (Wildman–Crippen LogP) is 2.34. The first kappa shape index (κ1) is 14.6. The van der Waals surface area contributed by atoms with E-state index >= 15 is 0 Å². The Kier molecular flexibility index (Phi) is 3.43. The van der Waals surface area contributed by atoms with Crippen molar-refractivity contribution in [2.75, 3.05) is 13.1 Å². The highest BCUT2D eigenvalue weighted by atomic mass is 16.4. The first-order valence-electron chi connectivity index (χ1n) is 7.48. The summed E-state index contributed by atoms with van der Waals surface area (Å²) in [7, 11) is 0. The normalized spacial score (nSPS) is 21.5. The third kappa shape index (κ3) is 2.36. The van der Waals surface area contributed by atoms with Crippen molar-refractivity contribution in [3.05, 3.63) is 35.5 Å². The van der Waals surface area contributed by atoms with Gasteiger partial charge in [-0.05, 0) is 31.9 Å². The molecule has 5 nitrogen and oxygen atoms in total. The quantitative estimate of drug-likeness (QED) is 0.913. The van der Waals surface area contributed by atoms with E-state index in [1.54, 1.807) is 11.8 Å². The van der Waals surface area contributed by atoms with Crippen molar-refractivity contribution >= 4 is 22.8 Å². The van der Waals surface area contributed by atoms with Gasteiger partial charge in [0, 0.05) is 29.7 Å². The van der Waals surface area contributed by atoms with Gasteiger partial charge >= 0.3 is 5.97 Å². The monoisotopic (exact) mass is 300 g/mol. The van der Waals surface area contributed by atoms with Crippen molar-refractivity contribution in [1.82, 2.24) is 9.88 Å². The Labute approximate surface area is 128 Å². The van der Waals surface area contributed by atoms with Crippen LogP contribution in [0.1, 0.15) is 24.6 Å². The van der Waals surface area contributed by atoms with Gasteiger partial charge in [-0.25, -0.2) is 0 Å². The van der Waals surface area contributed by atoms with Crippen LogP contribution >= 0.6 is 0 Å². The summed E-state index contributed by atoms with van der Waals surface area (Å²) in [6.07, 6.45) is 0.826. The number of aryl methyl sites for hydroxylation is 1. The first-order valence-corrected chi connectivity index (χ1v) is 7.48. The number of carbonyl (C=O) groups excluding carboxylic acids is 1. The molecule has 0 aliphatic carbocycles. The number of hydrogen-bond acceptors (Lipinski definition) is 2. The summed E-state index contributed by atoms with van der Waals surface area (Å²) in [5.41, 5.74) is 2.21. The summed E-state index contributed by atoms with van der Waals surface area (Å²) in [6.45, 7) is 4.49. The molecule has 1 saturated heterocycles. The van der Waals surface area contributed by atoms with E-state index in [0.29, 0.717) is 25.9 Å². The van der Waals surface area contributed by atoms with Crippen molar-refractivity contribution in [1.29, 1.82) is 0 Å². The molecule has 0 unspecified atom stereocenters. The van der Waals surface area contributed by atoms with Crippen LogP contribution in [0.4, 0.5) is 0 Å². The number of likely N-dealkylation sites (tertiary alicyclic amines) is 1. The van der Waals surface area contributed by atoms with Crippen molar-refractivity contribution in [2.24, 2.45) is 5.41 Å². The number of H-pyrrole nitrogens is 1. The van der Waals surface area contributed by atoms with Crippen LogP contribution in [0.25, 0.3) is 10.9 Å². The van der Waals surface area contributed by atoms with E-state index in [4.69, 9.17) is 0 Å². The van der Waals surface area contributed by atoms with Gasteiger partial charge in [-0.1, -0.05) is 18.2 Å². The van der Waals surface area contributed by atoms with Crippen LogP contribution in [-0.2, 0) is 16.0 Å². The smallest absolute Gasteiger partial charge is 0.311 e. The number of aliphatic carboxylic acids is 1. The number of aromatic nitrogens is 1. The minimum absolute atomic E-state index is 0.00201. The third-order valence-electron chi connectivity index (χ3n) is 4.70. The number of carboxylic acids is 1. The lowest BCUT2D eigenvalue weighted by Crippen LogP contribution is -2.35. The van der Waals surface area contributed by atoms with Crippen LogP contribution in [0.2, 0.25) is 0 Å². The molecular weight excluding hydrogens is 280 g/mol. The van der Waals surface area contributed by atoms with E-state index in [-0.39, 0.29) is 5.91 Å². The Bertz CT molecular complexity index is 749. The molecule has 2 N–H and O–H groups in total. The third-order valence-corrected chi connectivity index (χ3v) is 4.70. The summed E-state index contributed by atoms with van der Waals surface area (Å²) in [5.74, 6) is -0.830. The molecule has 1 aliphatic heterocycles. The maximum Gasteiger partial charge on any atom is 0.311 e. The highest BCUT2D eigenvalue weighted by molar-refractivity contribution is 5.90. The summed E-state index contributed by atoms with van der Waals surface area (Å²) >= 11 is 0. The maximum absolute atomic E-state index is 12.5. The van der Waals surface area contributed by atoms with E-state index in [9.17, 15) is 14.7 Å². The average molecular weight is 300 g/mol. The van der Waals surface area contributed by atoms with E-state index in [1.807, 2.05) is 31.2 Å². The molecule has 0 radical (unpaired) electrons. The minimum Gasteiger partial charge on any atom is -0.481 e. The number of carboxylic acid groups (broad SMARTS) is 1. The Morgan fingerprint density at radius 1 is 1.36 bits per heavy atom. The second kappa shape index (κ2) is 5.16. The van der Waals surface area contributed by atoms with Gasteiger partial charge in [0.15, 0.2) is 0 Å². The molecule has 3 rings (SSSR count). The number of carbonyl (C=O) groups is 2. The SMILES string of the molecule is Cc1[nH]c2ccccc2c1CC(=O)N1CC[C@](C)(C(=O)O)C1. The summed E-state index contributed by atoms with van der Waals surface area (Å²) < 4.78 is 0. The zero-order valence-corrected chi connectivity index (χ0v) is 12.8. The van der Waals surface area contributed by atoms with Gasteiger partial charge in [0.1, 0.15) is 0 Å². The lowest BCUT2D eigenvalue weighted by atomic mass is 9.90. The van der Waals surface area contributed by atoms with Gasteiger partial charge in [0.05, 0.1) is 11.8 Å². The molecule has 1 amide bonds. The number of amides is 1. The van der Waals surface area contributed by atoms with Crippen LogP contribution in [0.3, 0.4) is 0 Å². The Balaban J connectivity index is 1.80. The fourth-order valence-electron chi connectivity index (χ4n) is 3.17. The van der Waals surface area contributed by atoms with Gasteiger partial charge in [-0.15, -0.1) is 0 Å². The molecule has 1 aromatic heterocycles. The highest BCUT2D eigenvalue weighted by Crippen LogP contribution is 2.31. The number of rotatable bonds is 3.